The summed E-state index contributed by atoms with van der Waals surface area (Å²) in [6, 6.07) is 17.1. The number of aliphatic hydroxyl groups excluding tert-OH is 1. The van der Waals surface area contributed by atoms with Crippen molar-refractivity contribution in [2.45, 2.75) is 105 Å². The SMILES string of the molecule is COC(=O)N[C@H](C(=O)NN(Cc1ccccc1)C[C@H](O)[C@H](Cc1ccccc1)NC(=O)[C@H]1C[C@@H](NC(=O)OC(C)(C)C)C1(C)C)C(C)(C)C. The molecule has 2 aromatic rings. The molecule has 0 heterocycles. The molecule has 49 heavy (non-hydrogen) atoms. The first-order valence-corrected chi connectivity index (χ1v) is 16.8. The Hall–Kier alpha value is -4.16. The largest absolute Gasteiger partial charge is 0.453 e. The molecule has 5 N–H and O–H groups in total. The highest BCUT2D eigenvalue weighted by Crippen LogP contribution is 2.46. The number of hydrogen-bond acceptors (Lipinski definition) is 8. The lowest BCUT2D eigenvalue weighted by Gasteiger charge is -2.51. The summed E-state index contributed by atoms with van der Waals surface area (Å²) in [7, 11) is 1.23. The third kappa shape index (κ3) is 11.7. The number of aliphatic hydroxyl groups is 1. The molecule has 2 aromatic carbocycles. The van der Waals surface area contributed by atoms with E-state index in [-0.39, 0.29) is 25.0 Å². The molecule has 1 aliphatic carbocycles. The van der Waals surface area contributed by atoms with Crippen molar-refractivity contribution in [3.8, 4) is 0 Å². The second kappa shape index (κ2) is 16.5. The number of alkyl carbamates (subject to hydrolysis) is 2. The monoisotopic (exact) mass is 681 g/mol. The Bertz CT molecular complexity index is 1410. The molecule has 0 aliphatic heterocycles. The van der Waals surface area contributed by atoms with Crippen molar-refractivity contribution in [1.82, 2.24) is 26.4 Å². The number of nitrogens with zero attached hydrogens (tertiary/aromatic N) is 1. The lowest BCUT2D eigenvalue weighted by molar-refractivity contribution is -0.139. The summed E-state index contributed by atoms with van der Waals surface area (Å²) in [5.41, 5.74) is 2.83. The van der Waals surface area contributed by atoms with Gasteiger partial charge < -0.3 is 30.5 Å². The third-order valence-electron chi connectivity index (χ3n) is 8.83. The van der Waals surface area contributed by atoms with Crippen LogP contribution < -0.4 is 21.4 Å². The maximum atomic E-state index is 13.8. The van der Waals surface area contributed by atoms with Gasteiger partial charge >= 0.3 is 12.2 Å². The Morgan fingerprint density at radius 1 is 0.898 bits per heavy atom. The Labute approximate surface area is 290 Å². The molecule has 12 heteroatoms. The van der Waals surface area contributed by atoms with Crippen molar-refractivity contribution < 1.29 is 33.8 Å². The van der Waals surface area contributed by atoms with Crippen LogP contribution in [0.1, 0.15) is 72.9 Å². The molecule has 270 valence electrons. The molecule has 3 rings (SSSR count). The minimum Gasteiger partial charge on any atom is -0.453 e. The fourth-order valence-corrected chi connectivity index (χ4v) is 5.88. The van der Waals surface area contributed by atoms with Gasteiger partial charge in [-0.3, -0.25) is 15.0 Å². The van der Waals surface area contributed by atoms with Gasteiger partial charge in [-0.25, -0.2) is 14.6 Å². The molecule has 0 unspecified atom stereocenters. The molecule has 0 spiro atoms. The summed E-state index contributed by atoms with van der Waals surface area (Å²) in [6.07, 6.45) is -1.63. The van der Waals surface area contributed by atoms with E-state index >= 15 is 0 Å². The zero-order chi connectivity index (χ0) is 36.6. The average molecular weight is 682 g/mol. The number of nitrogens with one attached hydrogen (secondary N) is 4. The number of carbonyl (C=O) groups excluding carboxylic acids is 4. The van der Waals surface area contributed by atoms with E-state index in [4.69, 9.17) is 9.47 Å². The molecule has 0 saturated heterocycles. The van der Waals surface area contributed by atoms with Gasteiger partial charge in [0.05, 0.1) is 19.3 Å². The second-order valence-electron chi connectivity index (χ2n) is 15.5. The molecule has 0 bridgehead atoms. The number of methoxy groups -OCH3 is 1. The van der Waals surface area contributed by atoms with Crippen molar-refractivity contribution in [3.63, 3.8) is 0 Å². The van der Waals surface area contributed by atoms with E-state index in [1.54, 1.807) is 25.8 Å². The van der Waals surface area contributed by atoms with Crippen molar-refractivity contribution in [2.24, 2.45) is 16.7 Å². The minimum absolute atomic E-state index is 0.0373. The first-order valence-electron chi connectivity index (χ1n) is 16.8. The van der Waals surface area contributed by atoms with Crippen LogP contribution in [0, 0.1) is 16.7 Å². The van der Waals surface area contributed by atoms with Gasteiger partial charge in [0.1, 0.15) is 11.6 Å². The van der Waals surface area contributed by atoms with Crippen molar-refractivity contribution in [1.29, 1.82) is 0 Å². The van der Waals surface area contributed by atoms with Crippen molar-refractivity contribution in [3.05, 3.63) is 71.8 Å². The van der Waals surface area contributed by atoms with Crippen molar-refractivity contribution in [2.75, 3.05) is 13.7 Å². The standard InChI is InChI=1S/C37H55N5O7/c1-35(2,3)30(40-33(46)48-9)32(45)41-42(22-25-18-14-11-15-19-25)23-28(43)27(20-24-16-12-10-13-17-24)38-31(44)26-21-29(37(26,7)8)39-34(47)49-36(4,5)6/h10-19,26-30,43H,20-23H2,1-9H3,(H,38,44)(H,39,47)(H,40,46)(H,41,45)/t26-,27+,28+,29-,30-/m1/s1. The van der Waals surface area contributed by atoms with Gasteiger partial charge in [-0.2, -0.15) is 0 Å². The summed E-state index contributed by atoms with van der Waals surface area (Å²) in [6.45, 7) is 14.9. The smallest absolute Gasteiger partial charge is 0.407 e. The predicted molar refractivity (Wildman–Crippen MR) is 187 cm³/mol. The van der Waals surface area contributed by atoms with Gasteiger partial charge in [0.15, 0.2) is 0 Å². The molecular formula is C37H55N5O7. The number of carbonyl (C=O) groups is 4. The zero-order valence-corrected chi connectivity index (χ0v) is 30.3. The van der Waals surface area contributed by atoms with E-state index in [9.17, 15) is 24.3 Å². The summed E-state index contributed by atoms with van der Waals surface area (Å²) in [4.78, 5) is 52.0. The Morgan fingerprint density at radius 3 is 1.98 bits per heavy atom. The lowest BCUT2D eigenvalue weighted by Crippen LogP contribution is -2.64. The highest BCUT2D eigenvalue weighted by molar-refractivity contribution is 5.86. The molecule has 0 aromatic heterocycles. The van der Waals surface area contributed by atoms with E-state index in [2.05, 4.69) is 21.4 Å². The molecule has 1 fully saturated rings. The maximum absolute atomic E-state index is 13.8. The van der Waals surface area contributed by atoms with Crippen LogP contribution in [0.15, 0.2) is 60.7 Å². The number of ether oxygens (including phenoxy) is 2. The second-order valence-corrected chi connectivity index (χ2v) is 15.5. The van der Waals surface area contributed by atoms with E-state index in [0.717, 1.165) is 11.1 Å². The topological polar surface area (TPSA) is 158 Å². The highest BCUT2D eigenvalue weighted by atomic mass is 16.6. The predicted octanol–water partition coefficient (Wildman–Crippen LogP) is 4.32. The van der Waals surface area contributed by atoms with Crippen LogP contribution >= 0.6 is 0 Å². The molecule has 12 nitrogen and oxygen atoms in total. The highest BCUT2D eigenvalue weighted by Gasteiger charge is 2.53. The zero-order valence-electron chi connectivity index (χ0n) is 30.3. The van der Waals surface area contributed by atoms with Gasteiger partial charge in [-0.1, -0.05) is 95.3 Å². The van der Waals surface area contributed by atoms with E-state index in [1.165, 1.54) is 7.11 Å². The van der Waals surface area contributed by atoms with Gasteiger partial charge in [-0.15, -0.1) is 0 Å². The molecule has 1 aliphatic rings. The number of rotatable bonds is 13. The fourth-order valence-electron chi connectivity index (χ4n) is 5.88. The first-order chi connectivity index (χ1) is 22.8. The Morgan fingerprint density at radius 2 is 1.47 bits per heavy atom. The fraction of sp³-hybridized carbons (Fsp3) is 0.568. The third-order valence-corrected chi connectivity index (χ3v) is 8.83. The van der Waals surface area contributed by atoms with Crippen LogP contribution in [0.25, 0.3) is 0 Å². The summed E-state index contributed by atoms with van der Waals surface area (Å²) in [5.74, 6) is -1.14. The minimum atomic E-state index is -1.12. The number of benzene rings is 2. The van der Waals surface area contributed by atoms with Crippen LogP contribution in [0.4, 0.5) is 9.59 Å². The molecule has 5 atom stereocenters. The molecule has 0 radical (unpaired) electrons. The number of hydrazine groups is 1. The van der Waals surface area contributed by atoms with Crippen LogP contribution in [0.2, 0.25) is 0 Å². The van der Waals surface area contributed by atoms with E-state index < -0.39 is 58.6 Å². The maximum Gasteiger partial charge on any atom is 0.407 e. The Kier molecular flexibility index (Phi) is 13.2. The van der Waals surface area contributed by atoms with E-state index in [1.807, 2.05) is 95.3 Å². The van der Waals surface area contributed by atoms with Crippen LogP contribution in [-0.2, 0) is 32.0 Å². The van der Waals surface area contributed by atoms with Gasteiger partial charge in [0.2, 0.25) is 5.91 Å². The lowest BCUT2D eigenvalue weighted by atomic mass is 9.58. The van der Waals surface area contributed by atoms with Gasteiger partial charge in [-0.05, 0) is 55.6 Å². The summed E-state index contributed by atoms with van der Waals surface area (Å²) in [5, 5.41) is 22.0. The molecule has 1 saturated carbocycles. The summed E-state index contributed by atoms with van der Waals surface area (Å²) < 4.78 is 10.2. The summed E-state index contributed by atoms with van der Waals surface area (Å²) >= 11 is 0. The first kappa shape index (κ1) is 39.3. The molecule has 4 amide bonds. The van der Waals surface area contributed by atoms with Crippen molar-refractivity contribution >= 4 is 24.0 Å². The van der Waals surface area contributed by atoms with Crippen LogP contribution in [-0.4, -0.2) is 77.6 Å². The Balaban J connectivity index is 1.82. The average Bonchev–Trinajstić information content (AvgIpc) is 3.00. The van der Waals surface area contributed by atoms with Gasteiger partial charge in [0, 0.05) is 25.0 Å². The van der Waals surface area contributed by atoms with Gasteiger partial charge in [0.25, 0.3) is 5.91 Å². The van der Waals surface area contributed by atoms with E-state index in [0.29, 0.717) is 12.8 Å². The number of amides is 4. The van der Waals surface area contributed by atoms with Crippen LogP contribution in [0.3, 0.4) is 0 Å². The molecular weight excluding hydrogens is 626 g/mol. The normalized spacial score (nSPS) is 19.0. The quantitative estimate of drug-likeness (QED) is 0.196. The van der Waals surface area contributed by atoms with Crippen LogP contribution in [0.5, 0.6) is 0 Å². The number of hydrogen-bond donors (Lipinski definition) is 5.